The van der Waals surface area contributed by atoms with Gasteiger partial charge in [0.05, 0.1) is 11.5 Å². The van der Waals surface area contributed by atoms with Gasteiger partial charge in [-0.2, -0.15) is 5.26 Å². The molecule has 0 aromatic carbocycles. The summed E-state index contributed by atoms with van der Waals surface area (Å²) < 4.78 is 26.1. The molecule has 2 aliphatic rings. The van der Waals surface area contributed by atoms with E-state index in [1.165, 1.54) is 6.42 Å². The Labute approximate surface area is 102 Å². The number of nitriles is 1. The lowest BCUT2D eigenvalue weighted by Crippen LogP contribution is -2.30. The van der Waals surface area contributed by atoms with Crippen LogP contribution in [0.2, 0.25) is 0 Å². The van der Waals surface area contributed by atoms with E-state index in [4.69, 9.17) is 0 Å². The summed E-state index contributed by atoms with van der Waals surface area (Å²) in [6.45, 7) is 0. The van der Waals surface area contributed by atoms with Crippen LogP contribution in [0.4, 0.5) is 8.78 Å². The molecule has 0 saturated heterocycles. The molecule has 0 unspecified atom stereocenters. The van der Waals surface area contributed by atoms with Crippen LogP contribution in [-0.4, -0.2) is 5.92 Å². The maximum Gasteiger partial charge on any atom is 0.248 e. The van der Waals surface area contributed by atoms with Crippen LogP contribution >= 0.6 is 0 Å². The molecule has 2 aliphatic carbocycles. The van der Waals surface area contributed by atoms with Crippen molar-refractivity contribution in [3.63, 3.8) is 0 Å². The number of hydrogen-bond acceptors (Lipinski definition) is 1. The highest BCUT2D eigenvalue weighted by molar-refractivity contribution is 5.02. The molecule has 96 valence electrons. The molecule has 0 N–H and O–H groups in total. The Balaban J connectivity index is 1.90. The van der Waals surface area contributed by atoms with Gasteiger partial charge < -0.3 is 0 Å². The van der Waals surface area contributed by atoms with Crippen LogP contribution < -0.4 is 0 Å². The van der Waals surface area contributed by atoms with Crippen molar-refractivity contribution >= 4 is 0 Å². The number of nitrogens with zero attached hydrogens (tertiary/aromatic N) is 1. The van der Waals surface area contributed by atoms with Crippen LogP contribution in [0.3, 0.4) is 0 Å². The third-order valence-corrected chi connectivity index (χ3v) is 4.56. The number of alkyl halides is 2. The second kappa shape index (κ2) is 4.92. The number of rotatable bonds is 2. The molecule has 0 aromatic rings. The minimum Gasteiger partial charge on any atom is -0.207 e. The molecule has 2 rings (SSSR count). The molecule has 1 nitrogen and oxygen atoms in total. The van der Waals surface area contributed by atoms with Gasteiger partial charge in [0.15, 0.2) is 0 Å². The highest BCUT2D eigenvalue weighted by atomic mass is 19.3. The molecule has 0 bridgehead atoms. The lowest BCUT2D eigenvalue weighted by atomic mass is 9.67. The summed E-state index contributed by atoms with van der Waals surface area (Å²) in [5, 5.41) is 9.38. The first-order chi connectivity index (χ1) is 8.05. The lowest BCUT2D eigenvalue weighted by Gasteiger charge is -2.36. The van der Waals surface area contributed by atoms with E-state index < -0.39 is 5.92 Å². The van der Waals surface area contributed by atoms with Gasteiger partial charge in [0.25, 0.3) is 0 Å². The first kappa shape index (κ1) is 12.8. The molecule has 0 heterocycles. The number of halogens is 2. The van der Waals surface area contributed by atoms with E-state index >= 15 is 0 Å². The van der Waals surface area contributed by atoms with E-state index in [2.05, 4.69) is 6.07 Å². The average molecular weight is 241 g/mol. The average Bonchev–Trinajstić information content (AvgIpc) is 2.33. The van der Waals surface area contributed by atoms with Crippen LogP contribution in [0.15, 0.2) is 0 Å². The van der Waals surface area contributed by atoms with Crippen molar-refractivity contribution in [3.8, 4) is 6.07 Å². The molecule has 0 radical (unpaired) electrons. The van der Waals surface area contributed by atoms with Crippen molar-refractivity contribution in [2.75, 3.05) is 0 Å². The minimum atomic E-state index is -2.44. The largest absolute Gasteiger partial charge is 0.248 e. The van der Waals surface area contributed by atoms with Crippen LogP contribution in [0.25, 0.3) is 0 Å². The van der Waals surface area contributed by atoms with E-state index in [9.17, 15) is 14.0 Å². The van der Waals surface area contributed by atoms with Crippen molar-refractivity contribution in [3.05, 3.63) is 0 Å². The van der Waals surface area contributed by atoms with E-state index in [1.807, 2.05) is 0 Å². The fraction of sp³-hybridized carbons (Fsp3) is 0.929. The van der Waals surface area contributed by atoms with E-state index in [-0.39, 0.29) is 18.3 Å². The Morgan fingerprint density at radius 2 is 1.59 bits per heavy atom. The fourth-order valence-electron chi connectivity index (χ4n) is 3.45. The molecular formula is C14H21F2N. The van der Waals surface area contributed by atoms with E-state index in [0.717, 1.165) is 32.1 Å². The first-order valence-electron chi connectivity index (χ1n) is 6.84. The normalized spacial score (nSPS) is 28.5. The van der Waals surface area contributed by atoms with Gasteiger partial charge in [-0.15, -0.1) is 0 Å². The van der Waals surface area contributed by atoms with Gasteiger partial charge in [-0.1, -0.05) is 19.3 Å². The van der Waals surface area contributed by atoms with Gasteiger partial charge in [0, 0.05) is 12.8 Å². The van der Waals surface area contributed by atoms with E-state index in [0.29, 0.717) is 18.8 Å². The topological polar surface area (TPSA) is 23.8 Å². The fourth-order valence-corrected chi connectivity index (χ4v) is 3.45. The quantitative estimate of drug-likeness (QED) is 0.688. The first-order valence-corrected chi connectivity index (χ1v) is 6.84. The standard InChI is InChI=1S/C14H21F2N/c15-14(16)8-4-12(5-9-14)10-13(11-17)6-2-1-3-7-13/h12H,1-10H2. The van der Waals surface area contributed by atoms with Gasteiger partial charge >= 0.3 is 0 Å². The highest BCUT2D eigenvalue weighted by Crippen LogP contribution is 2.46. The van der Waals surface area contributed by atoms with Gasteiger partial charge in [-0.3, -0.25) is 0 Å². The Hall–Kier alpha value is -0.650. The molecule has 0 atom stereocenters. The summed E-state index contributed by atoms with van der Waals surface area (Å²) in [4.78, 5) is 0. The van der Waals surface area contributed by atoms with Crippen LogP contribution in [-0.2, 0) is 0 Å². The zero-order chi connectivity index (χ0) is 12.4. The maximum atomic E-state index is 13.1. The highest BCUT2D eigenvalue weighted by Gasteiger charge is 2.39. The lowest BCUT2D eigenvalue weighted by molar-refractivity contribution is -0.0501. The van der Waals surface area contributed by atoms with Crippen molar-refractivity contribution in [2.24, 2.45) is 11.3 Å². The zero-order valence-corrected chi connectivity index (χ0v) is 10.4. The zero-order valence-electron chi connectivity index (χ0n) is 10.4. The van der Waals surface area contributed by atoms with E-state index in [1.54, 1.807) is 0 Å². The Bertz CT molecular complexity index is 290. The molecule has 0 aliphatic heterocycles. The Morgan fingerprint density at radius 3 is 2.12 bits per heavy atom. The smallest absolute Gasteiger partial charge is 0.207 e. The summed E-state index contributed by atoms with van der Waals surface area (Å²) >= 11 is 0. The summed E-state index contributed by atoms with van der Waals surface area (Å²) in [6.07, 6.45) is 7.59. The Morgan fingerprint density at radius 1 is 1.00 bits per heavy atom. The molecule has 0 aromatic heterocycles. The summed E-state index contributed by atoms with van der Waals surface area (Å²) in [5.74, 6) is -2.09. The van der Waals surface area contributed by atoms with Gasteiger partial charge in [0.2, 0.25) is 5.92 Å². The van der Waals surface area contributed by atoms with Crippen LogP contribution in [0.1, 0.15) is 64.2 Å². The molecule has 2 fully saturated rings. The monoisotopic (exact) mass is 241 g/mol. The summed E-state index contributed by atoms with van der Waals surface area (Å²) in [6, 6.07) is 2.50. The second-order valence-corrected chi connectivity index (χ2v) is 5.96. The summed E-state index contributed by atoms with van der Waals surface area (Å²) in [7, 11) is 0. The van der Waals surface area contributed by atoms with Crippen molar-refractivity contribution < 1.29 is 8.78 Å². The SMILES string of the molecule is N#CC1(CC2CCC(F)(F)CC2)CCCCC1. The molecule has 2 saturated carbocycles. The third-order valence-electron chi connectivity index (χ3n) is 4.56. The predicted octanol–water partition coefficient (Wildman–Crippen LogP) is 4.68. The predicted molar refractivity (Wildman–Crippen MR) is 62.7 cm³/mol. The van der Waals surface area contributed by atoms with Crippen LogP contribution in [0.5, 0.6) is 0 Å². The van der Waals surface area contributed by atoms with Crippen LogP contribution in [0, 0.1) is 22.7 Å². The maximum absolute atomic E-state index is 13.1. The molecular weight excluding hydrogens is 220 g/mol. The van der Waals surface area contributed by atoms with Gasteiger partial charge in [0.1, 0.15) is 0 Å². The number of hydrogen-bond donors (Lipinski definition) is 0. The van der Waals surface area contributed by atoms with Crippen molar-refractivity contribution in [2.45, 2.75) is 70.1 Å². The Kier molecular flexibility index (Phi) is 3.70. The molecule has 17 heavy (non-hydrogen) atoms. The third kappa shape index (κ3) is 3.18. The molecule has 0 spiro atoms. The molecule has 0 amide bonds. The second-order valence-electron chi connectivity index (χ2n) is 5.96. The van der Waals surface area contributed by atoms with Gasteiger partial charge in [-0.05, 0) is 38.0 Å². The molecule has 3 heteroatoms. The van der Waals surface area contributed by atoms with Crippen molar-refractivity contribution in [1.29, 1.82) is 5.26 Å². The summed E-state index contributed by atoms with van der Waals surface area (Å²) in [5.41, 5.74) is -0.185. The van der Waals surface area contributed by atoms with Gasteiger partial charge in [-0.25, -0.2) is 8.78 Å². The minimum absolute atomic E-state index is 0.0270. The van der Waals surface area contributed by atoms with Crippen molar-refractivity contribution in [1.82, 2.24) is 0 Å².